The van der Waals surface area contributed by atoms with Crippen LogP contribution in [0.3, 0.4) is 0 Å². The summed E-state index contributed by atoms with van der Waals surface area (Å²) in [7, 11) is -5.58. The van der Waals surface area contributed by atoms with E-state index in [4.69, 9.17) is 4.78 Å². The molecule has 3 rings (SSSR count). The van der Waals surface area contributed by atoms with Crippen molar-refractivity contribution in [2.45, 2.75) is 43.9 Å². The molecule has 210 valence electrons. The number of unbranched alkanes of at least 4 members (excludes halogenated alkanes) is 4. The third kappa shape index (κ3) is 7.67. The number of amides is 1. The van der Waals surface area contributed by atoms with Gasteiger partial charge in [0.15, 0.2) is 0 Å². The monoisotopic (exact) mass is 567 g/mol. The van der Waals surface area contributed by atoms with E-state index < -0.39 is 31.5 Å². The van der Waals surface area contributed by atoms with Crippen molar-refractivity contribution in [2.24, 2.45) is 0 Å². The maximum Gasteiger partial charge on any atom is 0.257 e. The number of carbonyl (C=O) groups is 1. The number of hydrogen-bond acceptors (Lipinski definition) is 7. The fourth-order valence-electron chi connectivity index (χ4n) is 4.34. The van der Waals surface area contributed by atoms with Crippen molar-refractivity contribution >= 4 is 42.7 Å². The number of carbonyl (C=O) groups excluding carboxylic acids is 1. The van der Waals surface area contributed by atoms with Gasteiger partial charge in [0.05, 0.1) is 32.1 Å². The van der Waals surface area contributed by atoms with Gasteiger partial charge in [-0.2, -0.15) is 0 Å². The SMILES string of the molecule is CCCCCCC[S@@](=N)(=O)c1ccc(NC(=O)c2cc(N3CCNCC3)ccc2N(C)S(C)(=O)=O)cc1F. The Morgan fingerprint density at radius 3 is 2.39 bits per heavy atom. The first-order chi connectivity index (χ1) is 17.9. The van der Waals surface area contributed by atoms with Crippen molar-refractivity contribution in [3.63, 3.8) is 0 Å². The number of benzene rings is 2. The minimum Gasteiger partial charge on any atom is -0.369 e. The molecule has 38 heavy (non-hydrogen) atoms. The minimum atomic E-state index is -3.65. The molecule has 1 heterocycles. The predicted molar refractivity (Wildman–Crippen MR) is 152 cm³/mol. The number of nitrogens with zero attached hydrogens (tertiary/aromatic N) is 2. The molecular weight excluding hydrogens is 529 g/mol. The Morgan fingerprint density at radius 2 is 1.76 bits per heavy atom. The number of piperazine rings is 1. The van der Waals surface area contributed by atoms with Gasteiger partial charge in [-0.1, -0.05) is 32.6 Å². The first kappa shape index (κ1) is 29.9. The predicted octanol–water partition coefficient (Wildman–Crippen LogP) is 4.26. The highest BCUT2D eigenvalue weighted by Gasteiger charge is 2.23. The molecule has 2 aromatic rings. The molecule has 1 atom stereocenters. The van der Waals surface area contributed by atoms with Gasteiger partial charge >= 0.3 is 0 Å². The molecule has 0 radical (unpaired) electrons. The van der Waals surface area contributed by atoms with Gasteiger partial charge in [0.1, 0.15) is 5.82 Å². The van der Waals surface area contributed by atoms with Crippen LogP contribution in [0.25, 0.3) is 0 Å². The largest absolute Gasteiger partial charge is 0.369 e. The van der Waals surface area contributed by atoms with Crippen LogP contribution in [-0.4, -0.2) is 63.8 Å². The second-order valence-electron chi connectivity index (χ2n) is 9.56. The first-order valence-electron chi connectivity index (χ1n) is 12.8. The normalized spacial score (nSPS) is 15.6. The van der Waals surface area contributed by atoms with E-state index in [2.05, 4.69) is 22.5 Å². The quantitative estimate of drug-likeness (QED) is 0.330. The topological polar surface area (TPSA) is 123 Å². The van der Waals surface area contributed by atoms with Gasteiger partial charge in [0, 0.05) is 50.4 Å². The van der Waals surface area contributed by atoms with Crippen molar-refractivity contribution in [1.29, 1.82) is 4.78 Å². The summed E-state index contributed by atoms with van der Waals surface area (Å²) in [5, 5.41) is 5.90. The van der Waals surface area contributed by atoms with E-state index in [0.29, 0.717) is 6.42 Å². The number of anilines is 3. The Kier molecular flexibility index (Phi) is 10.1. The first-order valence-corrected chi connectivity index (χ1v) is 16.4. The molecule has 0 spiro atoms. The van der Waals surface area contributed by atoms with Gasteiger partial charge in [0.25, 0.3) is 5.91 Å². The second kappa shape index (κ2) is 12.9. The molecule has 2 aromatic carbocycles. The summed E-state index contributed by atoms with van der Waals surface area (Å²) >= 11 is 0. The minimum absolute atomic E-state index is 0.0827. The number of hydrogen-bond donors (Lipinski definition) is 3. The van der Waals surface area contributed by atoms with E-state index in [1.165, 1.54) is 19.2 Å². The second-order valence-corrected chi connectivity index (χ2v) is 13.8. The highest BCUT2D eigenvalue weighted by Crippen LogP contribution is 2.29. The molecule has 1 amide bonds. The van der Waals surface area contributed by atoms with Gasteiger partial charge in [-0.25, -0.2) is 21.8 Å². The molecule has 0 unspecified atom stereocenters. The smallest absolute Gasteiger partial charge is 0.257 e. The van der Waals surface area contributed by atoms with Crippen LogP contribution in [0.5, 0.6) is 0 Å². The zero-order valence-corrected chi connectivity index (χ0v) is 23.9. The van der Waals surface area contributed by atoms with Gasteiger partial charge in [-0.3, -0.25) is 9.10 Å². The fraction of sp³-hybridized carbons (Fsp3) is 0.500. The van der Waals surface area contributed by atoms with Gasteiger partial charge in [-0.15, -0.1) is 0 Å². The lowest BCUT2D eigenvalue weighted by Crippen LogP contribution is -2.43. The molecule has 0 saturated carbocycles. The van der Waals surface area contributed by atoms with Crippen LogP contribution in [0.15, 0.2) is 41.3 Å². The van der Waals surface area contributed by atoms with Crippen molar-refractivity contribution in [3.8, 4) is 0 Å². The van der Waals surface area contributed by atoms with E-state index >= 15 is 0 Å². The van der Waals surface area contributed by atoms with E-state index in [1.807, 2.05) is 0 Å². The van der Waals surface area contributed by atoms with Crippen LogP contribution in [0.2, 0.25) is 0 Å². The Hall–Kier alpha value is -2.70. The molecule has 1 aliphatic rings. The zero-order valence-electron chi connectivity index (χ0n) is 22.3. The third-order valence-electron chi connectivity index (χ3n) is 6.62. The molecular formula is C26H38FN5O4S2. The summed E-state index contributed by atoms with van der Waals surface area (Å²) in [6.07, 6.45) is 5.62. The molecule has 1 saturated heterocycles. The average Bonchev–Trinajstić information content (AvgIpc) is 2.87. The number of halogens is 1. The summed E-state index contributed by atoms with van der Waals surface area (Å²) in [6, 6.07) is 8.76. The van der Waals surface area contributed by atoms with Crippen LogP contribution >= 0.6 is 0 Å². The van der Waals surface area contributed by atoms with Crippen molar-refractivity contribution in [2.75, 3.05) is 59.8 Å². The Labute approximate surface area is 225 Å². The van der Waals surface area contributed by atoms with Crippen LogP contribution in [0.1, 0.15) is 49.4 Å². The lowest BCUT2D eigenvalue weighted by atomic mass is 10.1. The maximum absolute atomic E-state index is 14.9. The molecule has 0 bridgehead atoms. The van der Waals surface area contributed by atoms with Crippen LogP contribution < -0.4 is 19.8 Å². The number of rotatable bonds is 12. The lowest BCUT2D eigenvalue weighted by Gasteiger charge is -2.30. The van der Waals surface area contributed by atoms with Gasteiger partial charge < -0.3 is 15.5 Å². The maximum atomic E-state index is 14.9. The molecule has 0 aromatic heterocycles. The molecule has 1 aliphatic heterocycles. The fourth-order valence-corrected chi connectivity index (χ4v) is 6.35. The van der Waals surface area contributed by atoms with Gasteiger partial charge in [0.2, 0.25) is 10.0 Å². The van der Waals surface area contributed by atoms with E-state index in [1.54, 1.807) is 18.2 Å². The number of nitrogens with one attached hydrogen (secondary N) is 3. The van der Waals surface area contributed by atoms with Gasteiger partial charge in [-0.05, 0) is 42.8 Å². The zero-order chi connectivity index (χ0) is 27.9. The third-order valence-corrected chi connectivity index (χ3v) is 9.72. The standard InChI is InChI=1S/C26H38FN5O4S2/c1-4-5-6-7-8-17-38(28,36)25-12-9-20(18-23(25)27)30-26(33)22-19-21(32-15-13-29-14-16-32)10-11-24(22)31(2)37(3,34)35/h9-12,18-19,28-29H,4-8,13-17H2,1-3H3,(H,30,33)/t38-/m1/s1. The molecule has 9 nitrogen and oxygen atoms in total. The van der Waals surface area contributed by atoms with Crippen molar-refractivity contribution in [1.82, 2.24) is 5.32 Å². The summed E-state index contributed by atoms with van der Waals surface area (Å²) in [5.41, 5.74) is 1.21. The Morgan fingerprint density at radius 1 is 1.08 bits per heavy atom. The summed E-state index contributed by atoms with van der Waals surface area (Å²) < 4.78 is 61.5. The van der Waals surface area contributed by atoms with Crippen molar-refractivity contribution < 1.29 is 21.8 Å². The average molecular weight is 568 g/mol. The van der Waals surface area contributed by atoms with E-state index in [0.717, 1.165) is 74.2 Å². The highest BCUT2D eigenvalue weighted by atomic mass is 32.2. The van der Waals surface area contributed by atoms with Crippen LogP contribution in [0.4, 0.5) is 21.5 Å². The Balaban J connectivity index is 1.84. The summed E-state index contributed by atoms with van der Waals surface area (Å²) in [4.78, 5) is 15.3. The van der Waals surface area contributed by atoms with Crippen LogP contribution in [0, 0.1) is 10.6 Å². The summed E-state index contributed by atoms with van der Waals surface area (Å²) in [6.45, 7) is 5.14. The van der Waals surface area contributed by atoms with Crippen LogP contribution in [-0.2, 0) is 19.8 Å². The molecule has 1 fully saturated rings. The lowest BCUT2D eigenvalue weighted by molar-refractivity contribution is 0.102. The highest BCUT2D eigenvalue weighted by molar-refractivity contribution is 7.92. The molecule has 0 aliphatic carbocycles. The van der Waals surface area contributed by atoms with Crippen molar-refractivity contribution in [3.05, 3.63) is 47.8 Å². The number of sulfonamides is 1. The summed E-state index contributed by atoms with van der Waals surface area (Å²) in [5.74, 6) is -1.35. The van der Waals surface area contributed by atoms with E-state index in [-0.39, 0.29) is 27.6 Å². The molecule has 12 heteroatoms. The Bertz CT molecular complexity index is 1340. The van der Waals surface area contributed by atoms with E-state index in [9.17, 15) is 21.8 Å². The molecule has 3 N–H and O–H groups in total.